The molecule has 216 valence electrons. The van der Waals surface area contributed by atoms with Crippen LogP contribution in [0.25, 0.3) is 17.2 Å². The SMILES string of the molecule is NCCC(=O)O[C@@H](Cn1c(-c2ccc(Cl)cc2)nn(Cc2nc(C(N)=O)n(-c3ncccc3Cl)n2)c1=O)C(F)(F)F. The van der Waals surface area contributed by atoms with Crippen LogP contribution in [0.5, 0.6) is 0 Å². The number of esters is 1. The van der Waals surface area contributed by atoms with Gasteiger partial charge in [0.15, 0.2) is 17.5 Å². The number of nitrogens with zero attached hydrogens (tertiary/aromatic N) is 7. The molecule has 3 heterocycles. The minimum absolute atomic E-state index is 0.0220. The fourth-order valence-electron chi connectivity index (χ4n) is 3.63. The van der Waals surface area contributed by atoms with Crippen LogP contribution in [0.2, 0.25) is 10.0 Å². The molecule has 0 bridgehead atoms. The van der Waals surface area contributed by atoms with Crippen molar-refractivity contribution in [3.63, 3.8) is 0 Å². The summed E-state index contributed by atoms with van der Waals surface area (Å²) in [6.07, 6.45) is -6.79. The zero-order chi connectivity index (χ0) is 29.9. The lowest BCUT2D eigenvalue weighted by molar-refractivity contribution is -0.224. The Balaban J connectivity index is 1.78. The number of aromatic nitrogens is 7. The van der Waals surface area contributed by atoms with Gasteiger partial charge in [-0.2, -0.15) is 17.9 Å². The van der Waals surface area contributed by atoms with Gasteiger partial charge in [-0.25, -0.2) is 19.4 Å². The molecule has 0 unspecified atom stereocenters. The van der Waals surface area contributed by atoms with Crippen molar-refractivity contribution in [3.05, 3.63) is 74.8 Å². The molecule has 0 saturated heterocycles. The van der Waals surface area contributed by atoms with Crippen molar-refractivity contribution < 1.29 is 27.5 Å². The number of hydrogen-bond acceptors (Lipinski definition) is 9. The number of benzene rings is 1. The first kappa shape index (κ1) is 29.7. The average molecular weight is 614 g/mol. The van der Waals surface area contributed by atoms with E-state index in [0.717, 1.165) is 9.36 Å². The molecule has 0 fully saturated rings. The first-order valence-corrected chi connectivity index (χ1v) is 12.4. The van der Waals surface area contributed by atoms with Gasteiger partial charge in [-0.3, -0.25) is 14.2 Å². The first-order chi connectivity index (χ1) is 19.4. The van der Waals surface area contributed by atoms with Crippen LogP contribution >= 0.6 is 23.2 Å². The molecular weight excluding hydrogens is 594 g/mol. The van der Waals surface area contributed by atoms with Crippen LogP contribution in [0.4, 0.5) is 13.2 Å². The Labute approximate surface area is 238 Å². The first-order valence-electron chi connectivity index (χ1n) is 11.7. The van der Waals surface area contributed by atoms with E-state index in [1.165, 1.54) is 36.5 Å². The molecule has 0 radical (unpaired) electrons. The lowest BCUT2D eigenvalue weighted by Crippen LogP contribution is -2.40. The Bertz CT molecular complexity index is 1630. The number of alkyl halides is 3. The predicted octanol–water partition coefficient (Wildman–Crippen LogP) is 1.96. The van der Waals surface area contributed by atoms with Crippen molar-refractivity contribution >= 4 is 35.1 Å². The smallest absolute Gasteiger partial charge is 0.427 e. The maximum absolute atomic E-state index is 13.8. The number of primary amides is 1. The predicted molar refractivity (Wildman–Crippen MR) is 138 cm³/mol. The molecule has 4 aromatic rings. The van der Waals surface area contributed by atoms with Crippen LogP contribution < -0.4 is 17.2 Å². The number of ether oxygens (including phenoxy) is 1. The fourth-order valence-corrected chi connectivity index (χ4v) is 3.95. The van der Waals surface area contributed by atoms with Crippen molar-refractivity contribution in [3.8, 4) is 17.2 Å². The molecule has 4 N–H and O–H groups in total. The molecule has 0 aliphatic carbocycles. The van der Waals surface area contributed by atoms with Crippen molar-refractivity contribution in [2.24, 2.45) is 11.5 Å². The molecule has 4 rings (SSSR count). The molecule has 1 atom stereocenters. The highest BCUT2D eigenvalue weighted by atomic mass is 35.5. The van der Waals surface area contributed by atoms with Crippen molar-refractivity contribution in [1.29, 1.82) is 0 Å². The summed E-state index contributed by atoms with van der Waals surface area (Å²) in [4.78, 5) is 45.4. The van der Waals surface area contributed by atoms with E-state index in [1.807, 2.05) is 0 Å². The summed E-state index contributed by atoms with van der Waals surface area (Å²) in [7, 11) is 0. The van der Waals surface area contributed by atoms with Crippen molar-refractivity contribution in [1.82, 2.24) is 34.1 Å². The van der Waals surface area contributed by atoms with Gasteiger partial charge in [0.25, 0.3) is 5.91 Å². The van der Waals surface area contributed by atoms with E-state index in [9.17, 15) is 27.6 Å². The Morgan fingerprint density at radius 2 is 1.80 bits per heavy atom. The van der Waals surface area contributed by atoms with E-state index in [1.54, 1.807) is 6.07 Å². The van der Waals surface area contributed by atoms with E-state index in [-0.39, 0.29) is 40.4 Å². The van der Waals surface area contributed by atoms with E-state index < -0.39 is 49.4 Å². The Morgan fingerprint density at radius 1 is 1.10 bits per heavy atom. The van der Waals surface area contributed by atoms with Gasteiger partial charge in [0.05, 0.1) is 18.0 Å². The van der Waals surface area contributed by atoms with Crippen LogP contribution in [0.1, 0.15) is 22.9 Å². The van der Waals surface area contributed by atoms with Gasteiger partial charge in [-0.05, 0) is 36.4 Å². The van der Waals surface area contributed by atoms with Gasteiger partial charge < -0.3 is 16.2 Å². The maximum atomic E-state index is 13.8. The molecular formula is C23H20Cl2F3N9O4. The van der Waals surface area contributed by atoms with Crippen LogP contribution in [0.3, 0.4) is 0 Å². The third-order valence-electron chi connectivity index (χ3n) is 5.46. The zero-order valence-electron chi connectivity index (χ0n) is 20.8. The van der Waals surface area contributed by atoms with Crippen LogP contribution in [-0.4, -0.2) is 64.8 Å². The standard InChI is InChI=1S/C23H20Cl2F3N9O4/c24-13-5-3-12(4-6-13)19-34-36(22(40)35(19)10-15(23(26,27)28)41-17(38)7-8-29)11-16-32-21(18(30)39)37(33-16)20-14(25)2-1-9-31-20/h1-6,9,15H,7-8,10-11,29H2,(H2,30,39)/t15-/m0/s1. The summed E-state index contributed by atoms with van der Waals surface area (Å²) in [5.74, 6) is -2.87. The summed E-state index contributed by atoms with van der Waals surface area (Å²) in [5.41, 5.74) is 9.88. The Hall–Kier alpha value is -4.28. The van der Waals surface area contributed by atoms with E-state index in [0.29, 0.717) is 9.59 Å². The molecule has 41 heavy (non-hydrogen) atoms. The number of halogens is 5. The molecule has 13 nitrogen and oxygen atoms in total. The van der Waals surface area contributed by atoms with Gasteiger partial charge in [-0.1, -0.05) is 23.2 Å². The summed E-state index contributed by atoms with van der Waals surface area (Å²) < 4.78 is 48.6. The molecule has 18 heteroatoms. The zero-order valence-corrected chi connectivity index (χ0v) is 22.3. The molecule has 0 aliphatic rings. The number of rotatable bonds is 10. The van der Waals surface area contributed by atoms with Gasteiger partial charge in [0.2, 0.25) is 11.9 Å². The highest BCUT2D eigenvalue weighted by Crippen LogP contribution is 2.27. The number of pyridine rings is 1. The largest absolute Gasteiger partial charge is 0.451 e. The average Bonchev–Trinajstić information content (AvgIpc) is 3.46. The third-order valence-corrected chi connectivity index (χ3v) is 6.01. The lowest BCUT2D eigenvalue weighted by atomic mass is 10.2. The molecule has 0 aliphatic heterocycles. The second kappa shape index (κ2) is 12.1. The summed E-state index contributed by atoms with van der Waals surface area (Å²) in [6, 6.07) is 8.81. The second-order valence-corrected chi connectivity index (χ2v) is 9.22. The molecule has 0 saturated carbocycles. The quantitative estimate of drug-likeness (QED) is 0.253. The third kappa shape index (κ3) is 6.72. The summed E-state index contributed by atoms with van der Waals surface area (Å²) in [6.45, 7) is -1.84. The Morgan fingerprint density at radius 3 is 2.41 bits per heavy atom. The fraction of sp³-hybridized carbons (Fsp3) is 0.261. The minimum atomic E-state index is -5.03. The number of amides is 1. The summed E-state index contributed by atoms with van der Waals surface area (Å²) >= 11 is 12.1. The summed E-state index contributed by atoms with van der Waals surface area (Å²) in [5, 5.41) is 8.77. The van der Waals surface area contributed by atoms with Gasteiger partial charge in [0.1, 0.15) is 6.54 Å². The molecule has 3 aromatic heterocycles. The molecule has 1 amide bonds. The normalized spacial score (nSPS) is 12.3. The molecule has 0 spiro atoms. The van der Waals surface area contributed by atoms with Crippen molar-refractivity contribution in [2.75, 3.05) is 6.54 Å². The topological polar surface area (TPSA) is 179 Å². The minimum Gasteiger partial charge on any atom is -0.451 e. The number of carbonyl (C=O) groups is 2. The number of nitrogens with two attached hydrogens (primary N) is 2. The van der Waals surface area contributed by atoms with Gasteiger partial charge >= 0.3 is 17.8 Å². The van der Waals surface area contributed by atoms with E-state index >= 15 is 0 Å². The monoisotopic (exact) mass is 613 g/mol. The van der Waals surface area contributed by atoms with Crippen molar-refractivity contribution in [2.45, 2.75) is 31.8 Å². The van der Waals surface area contributed by atoms with E-state index in [2.05, 4.69) is 24.9 Å². The van der Waals surface area contributed by atoms with Gasteiger partial charge in [0, 0.05) is 23.3 Å². The number of hydrogen-bond donors (Lipinski definition) is 2. The van der Waals surface area contributed by atoms with Crippen LogP contribution in [0.15, 0.2) is 47.4 Å². The van der Waals surface area contributed by atoms with Crippen LogP contribution in [-0.2, 0) is 22.6 Å². The number of carbonyl (C=O) groups excluding carboxylic acids is 2. The highest BCUT2D eigenvalue weighted by molar-refractivity contribution is 6.32. The van der Waals surface area contributed by atoms with E-state index in [4.69, 9.17) is 34.7 Å². The Kier molecular flexibility index (Phi) is 8.74. The molecule has 1 aromatic carbocycles. The maximum Gasteiger partial charge on any atom is 0.427 e. The van der Waals surface area contributed by atoms with Gasteiger partial charge in [-0.15, -0.1) is 10.2 Å². The lowest BCUT2D eigenvalue weighted by Gasteiger charge is -2.21. The van der Waals surface area contributed by atoms with Crippen LogP contribution in [0, 0.1) is 0 Å². The highest BCUT2D eigenvalue weighted by Gasteiger charge is 2.44. The second-order valence-electron chi connectivity index (χ2n) is 8.38.